The molecular formula is C19H13BrN2O5. The Morgan fingerprint density at radius 1 is 1.26 bits per heavy atom. The summed E-state index contributed by atoms with van der Waals surface area (Å²) in [5.74, 6) is -1.21. The molecule has 2 aromatic heterocycles. The van der Waals surface area contributed by atoms with Crippen LogP contribution in [0.1, 0.15) is 27.9 Å². The number of nitrogens with zero attached hydrogens (tertiary/aromatic N) is 2. The van der Waals surface area contributed by atoms with Crippen LogP contribution in [0.3, 0.4) is 0 Å². The molecule has 8 heteroatoms. The first-order valence-corrected chi connectivity index (χ1v) is 8.80. The molecule has 136 valence electrons. The van der Waals surface area contributed by atoms with Gasteiger partial charge in [0.2, 0.25) is 5.78 Å². The average Bonchev–Trinajstić information content (AvgIpc) is 3.36. The van der Waals surface area contributed by atoms with Gasteiger partial charge in [-0.1, -0.05) is 33.2 Å². The lowest BCUT2D eigenvalue weighted by Gasteiger charge is -2.24. The average molecular weight is 429 g/mol. The van der Waals surface area contributed by atoms with Gasteiger partial charge >= 0.3 is 0 Å². The number of carbonyl (C=O) groups is 2. The zero-order chi connectivity index (χ0) is 19.1. The minimum Gasteiger partial charge on any atom is -0.503 e. The number of aromatic nitrogens is 1. The Balaban J connectivity index is 1.89. The molecule has 0 radical (unpaired) electrons. The second kappa shape index (κ2) is 6.55. The van der Waals surface area contributed by atoms with Gasteiger partial charge in [-0.25, -0.2) is 0 Å². The van der Waals surface area contributed by atoms with Gasteiger partial charge in [0, 0.05) is 10.5 Å². The van der Waals surface area contributed by atoms with E-state index in [1.54, 1.807) is 37.3 Å². The van der Waals surface area contributed by atoms with E-state index in [4.69, 9.17) is 8.94 Å². The number of Topliss-reactive ketones (excluding diaryl/α,β-unsaturated/α-hetero) is 1. The minimum atomic E-state index is -0.878. The zero-order valence-electron chi connectivity index (χ0n) is 14.0. The summed E-state index contributed by atoms with van der Waals surface area (Å²) in [4.78, 5) is 27.0. The quantitative estimate of drug-likeness (QED) is 0.627. The molecule has 0 fully saturated rings. The van der Waals surface area contributed by atoms with Crippen LogP contribution in [0.4, 0.5) is 5.82 Å². The number of ketones is 1. The monoisotopic (exact) mass is 428 g/mol. The van der Waals surface area contributed by atoms with E-state index in [1.807, 2.05) is 6.07 Å². The maximum absolute atomic E-state index is 13.0. The Hall–Kier alpha value is -3.13. The number of halogens is 1. The predicted molar refractivity (Wildman–Crippen MR) is 98.3 cm³/mol. The first kappa shape index (κ1) is 17.3. The van der Waals surface area contributed by atoms with E-state index < -0.39 is 23.5 Å². The van der Waals surface area contributed by atoms with E-state index in [0.29, 0.717) is 11.3 Å². The van der Waals surface area contributed by atoms with Crippen molar-refractivity contribution >= 4 is 33.4 Å². The third kappa shape index (κ3) is 2.87. The van der Waals surface area contributed by atoms with Crippen molar-refractivity contribution in [2.45, 2.75) is 13.0 Å². The lowest BCUT2D eigenvalue weighted by molar-refractivity contribution is -0.117. The van der Waals surface area contributed by atoms with Crippen LogP contribution in [0.2, 0.25) is 0 Å². The van der Waals surface area contributed by atoms with Crippen LogP contribution in [-0.2, 0) is 4.79 Å². The summed E-state index contributed by atoms with van der Waals surface area (Å²) in [5, 5.41) is 14.4. The van der Waals surface area contributed by atoms with Gasteiger partial charge in [0.15, 0.2) is 17.3 Å². The Kier molecular flexibility index (Phi) is 4.19. The summed E-state index contributed by atoms with van der Waals surface area (Å²) in [6, 6.07) is 10.9. The lowest BCUT2D eigenvalue weighted by atomic mass is 9.95. The van der Waals surface area contributed by atoms with Crippen LogP contribution < -0.4 is 4.90 Å². The van der Waals surface area contributed by atoms with E-state index in [2.05, 4.69) is 21.1 Å². The molecule has 27 heavy (non-hydrogen) atoms. The van der Waals surface area contributed by atoms with Gasteiger partial charge in [-0.3, -0.25) is 14.5 Å². The van der Waals surface area contributed by atoms with Crippen molar-refractivity contribution in [2.24, 2.45) is 0 Å². The first-order chi connectivity index (χ1) is 13.0. The van der Waals surface area contributed by atoms with Crippen LogP contribution in [0.25, 0.3) is 0 Å². The fourth-order valence-corrected chi connectivity index (χ4v) is 3.49. The number of carbonyl (C=O) groups excluding carboxylic acids is 2. The molecule has 1 aliphatic heterocycles. The normalized spacial score (nSPS) is 17.0. The molecule has 4 rings (SSSR count). The number of amides is 1. The van der Waals surface area contributed by atoms with E-state index in [9.17, 15) is 14.7 Å². The molecule has 3 heterocycles. The number of hydrogen-bond donors (Lipinski definition) is 1. The van der Waals surface area contributed by atoms with E-state index in [-0.39, 0.29) is 17.2 Å². The van der Waals surface area contributed by atoms with Crippen molar-refractivity contribution < 1.29 is 23.6 Å². The lowest BCUT2D eigenvalue weighted by Crippen LogP contribution is -2.31. The first-order valence-electron chi connectivity index (χ1n) is 8.01. The summed E-state index contributed by atoms with van der Waals surface area (Å²) in [7, 11) is 0. The van der Waals surface area contributed by atoms with Crippen molar-refractivity contribution in [3.63, 3.8) is 0 Å². The third-order valence-electron chi connectivity index (χ3n) is 4.22. The van der Waals surface area contributed by atoms with Crippen molar-refractivity contribution in [3.8, 4) is 0 Å². The third-order valence-corrected chi connectivity index (χ3v) is 4.72. The second-order valence-corrected chi connectivity index (χ2v) is 6.91. The van der Waals surface area contributed by atoms with Crippen molar-refractivity contribution in [1.29, 1.82) is 0 Å². The molecule has 1 N–H and O–H groups in total. The van der Waals surface area contributed by atoms with E-state index in [0.717, 1.165) is 4.47 Å². The summed E-state index contributed by atoms with van der Waals surface area (Å²) in [6.07, 6.45) is 1.36. The molecule has 1 amide bonds. The number of aryl methyl sites for hydroxylation is 1. The fourth-order valence-electron chi connectivity index (χ4n) is 3.07. The largest absolute Gasteiger partial charge is 0.503 e. The van der Waals surface area contributed by atoms with Crippen molar-refractivity contribution in [2.75, 3.05) is 4.90 Å². The van der Waals surface area contributed by atoms with Crippen LogP contribution in [-0.4, -0.2) is 22.0 Å². The second-order valence-electron chi connectivity index (χ2n) is 6.00. The van der Waals surface area contributed by atoms with Gasteiger partial charge in [0.05, 0.1) is 17.9 Å². The standard InChI is InChI=1S/C19H13BrN2O5/c1-10-8-14(21-27-10)22-16(11-4-2-5-12(20)9-11)15(18(24)19(22)25)17(23)13-6-3-7-26-13/h2-9,16,24H,1H3/t16-/m0/s1. The van der Waals surface area contributed by atoms with Gasteiger partial charge < -0.3 is 14.0 Å². The maximum atomic E-state index is 13.0. The van der Waals surface area contributed by atoms with Crippen LogP contribution in [0.15, 0.2) is 73.5 Å². The SMILES string of the molecule is Cc1cc(N2C(=O)C(O)=C(C(=O)c3ccco3)[C@@H]2c2cccc(Br)c2)no1. The Morgan fingerprint density at radius 2 is 2.07 bits per heavy atom. The van der Waals surface area contributed by atoms with E-state index >= 15 is 0 Å². The molecule has 1 aliphatic rings. The minimum absolute atomic E-state index is 0.0301. The molecule has 0 unspecified atom stereocenters. The molecular weight excluding hydrogens is 416 g/mol. The highest BCUT2D eigenvalue weighted by Crippen LogP contribution is 2.42. The highest BCUT2D eigenvalue weighted by Gasteiger charge is 2.46. The molecule has 0 spiro atoms. The molecule has 1 aromatic carbocycles. The topological polar surface area (TPSA) is 96.8 Å². The molecule has 0 saturated heterocycles. The van der Waals surface area contributed by atoms with Gasteiger partial charge in [0.25, 0.3) is 5.91 Å². The number of anilines is 1. The summed E-state index contributed by atoms with van der Waals surface area (Å²) >= 11 is 3.40. The highest BCUT2D eigenvalue weighted by atomic mass is 79.9. The maximum Gasteiger partial charge on any atom is 0.295 e. The fraction of sp³-hybridized carbons (Fsp3) is 0.105. The smallest absolute Gasteiger partial charge is 0.295 e. The summed E-state index contributed by atoms with van der Waals surface area (Å²) in [5.41, 5.74) is 0.547. The molecule has 7 nitrogen and oxygen atoms in total. The zero-order valence-corrected chi connectivity index (χ0v) is 15.6. The Morgan fingerprint density at radius 3 is 2.70 bits per heavy atom. The molecule has 1 atom stereocenters. The number of aliphatic hydroxyl groups excluding tert-OH is 1. The number of benzene rings is 1. The van der Waals surface area contributed by atoms with Crippen LogP contribution in [0.5, 0.6) is 0 Å². The molecule has 0 saturated carbocycles. The van der Waals surface area contributed by atoms with Crippen molar-refractivity contribution in [1.82, 2.24) is 5.16 Å². The molecule has 0 bridgehead atoms. The van der Waals surface area contributed by atoms with Crippen molar-refractivity contribution in [3.05, 3.63) is 81.6 Å². The summed E-state index contributed by atoms with van der Waals surface area (Å²) < 4.78 is 11.0. The predicted octanol–water partition coefficient (Wildman–Crippen LogP) is 4.12. The number of rotatable bonds is 4. The highest BCUT2D eigenvalue weighted by molar-refractivity contribution is 9.10. The number of hydrogen-bond acceptors (Lipinski definition) is 6. The van der Waals surface area contributed by atoms with Gasteiger partial charge in [-0.2, -0.15) is 0 Å². The number of furan rings is 1. The number of aliphatic hydroxyl groups is 1. The van der Waals surface area contributed by atoms with E-state index in [1.165, 1.54) is 17.2 Å². The molecule has 3 aromatic rings. The van der Waals surface area contributed by atoms with Gasteiger partial charge in [0.1, 0.15) is 5.76 Å². The Bertz CT molecular complexity index is 1070. The van der Waals surface area contributed by atoms with Gasteiger partial charge in [-0.05, 0) is 36.8 Å². The summed E-state index contributed by atoms with van der Waals surface area (Å²) in [6.45, 7) is 1.69. The van der Waals surface area contributed by atoms with Gasteiger partial charge in [-0.15, -0.1) is 0 Å². The van der Waals surface area contributed by atoms with Crippen LogP contribution >= 0.6 is 15.9 Å². The van der Waals surface area contributed by atoms with Crippen LogP contribution in [0, 0.1) is 6.92 Å². The Labute approximate surface area is 162 Å². The molecule has 0 aliphatic carbocycles.